The second kappa shape index (κ2) is 7.79. The second-order valence-electron chi connectivity index (χ2n) is 4.84. The number of hydrogen-bond donors (Lipinski definition) is 3. The molecule has 0 radical (unpaired) electrons. The van der Waals surface area contributed by atoms with Crippen LogP contribution < -0.4 is 10.6 Å². The molecule has 1 atom stereocenters. The second-order valence-corrected chi connectivity index (χ2v) is 4.84. The molecule has 4 nitrogen and oxygen atoms in total. The zero-order valence-electron chi connectivity index (χ0n) is 12.0. The van der Waals surface area contributed by atoms with Gasteiger partial charge >= 0.3 is 0 Å². The predicted molar refractivity (Wildman–Crippen MR) is 77.2 cm³/mol. The van der Waals surface area contributed by atoms with Gasteiger partial charge in [0, 0.05) is 31.1 Å². The van der Waals surface area contributed by atoms with Gasteiger partial charge in [0.25, 0.3) is 0 Å². The summed E-state index contributed by atoms with van der Waals surface area (Å²) in [7, 11) is 0. The maximum absolute atomic E-state index is 11.4. The fourth-order valence-corrected chi connectivity index (χ4v) is 1.88. The van der Waals surface area contributed by atoms with Gasteiger partial charge in [-0.3, -0.25) is 4.79 Å². The van der Waals surface area contributed by atoms with Gasteiger partial charge in [-0.2, -0.15) is 0 Å². The minimum Gasteiger partial charge on any atom is -0.508 e. The van der Waals surface area contributed by atoms with Crippen molar-refractivity contribution in [1.82, 2.24) is 10.6 Å². The molecule has 19 heavy (non-hydrogen) atoms. The highest BCUT2D eigenvalue weighted by Gasteiger charge is 2.10. The van der Waals surface area contributed by atoms with E-state index in [1.54, 1.807) is 6.07 Å². The van der Waals surface area contributed by atoms with Gasteiger partial charge in [-0.15, -0.1) is 0 Å². The molecule has 1 amide bonds. The third-order valence-electron chi connectivity index (χ3n) is 3.03. The number of aryl methyl sites for hydroxylation is 1. The van der Waals surface area contributed by atoms with E-state index in [0.717, 1.165) is 24.1 Å². The van der Waals surface area contributed by atoms with Gasteiger partial charge in [-0.05, 0) is 31.9 Å². The smallest absolute Gasteiger partial charge is 0.221 e. The maximum Gasteiger partial charge on any atom is 0.221 e. The molecule has 0 saturated carbocycles. The summed E-state index contributed by atoms with van der Waals surface area (Å²) in [6.45, 7) is 7.28. The molecule has 0 heterocycles. The zero-order valence-corrected chi connectivity index (χ0v) is 12.0. The third-order valence-corrected chi connectivity index (χ3v) is 3.03. The molecule has 0 spiro atoms. The number of rotatable bonds is 7. The summed E-state index contributed by atoms with van der Waals surface area (Å²) in [4.78, 5) is 11.4. The molecule has 4 heteroatoms. The quantitative estimate of drug-likeness (QED) is 0.708. The van der Waals surface area contributed by atoms with Crippen LogP contribution in [0, 0.1) is 6.92 Å². The van der Waals surface area contributed by atoms with Crippen molar-refractivity contribution in [2.45, 2.75) is 39.7 Å². The summed E-state index contributed by atoms with van der Waals surface area (Å²) in [6.07, 6.45) is 1.41. The Bertz CT molecular complexity index is 419. The Morgan fingerprint density at radius 1 is 1.37 bits per heavy atom. The highest BCUT2D eigenvalue weighted by molar-refractivity contribution is 5.75. The van der Waals surface area contributed by atoms with Crippen molar-refractivity contribution in [3.63, 3.8) is 0 Å². The van der Waals surface area contributed by atoms with Crippen LogP contribution in [-0.4, -0.2) is 24.1 Å². The average Bonchev–Trinajstić information content (AvgIpc) is 2.36. The highest BCUT2D eigenvalue weighted by atomic mass is 16.3. The number of amides is 1. The van der Waals surface area contributed by atoms with Gasteiger partial charge in [-0.25, -0.2) is 0 Å². The van der Waals surface area contributed by atoms with Crippen molar-refractivity contribution in [1.29, 1.82) is 0 Å². The van der Waals surface area contributed by atoms with E-state index >= 15 is 0 Å². The Kier molecular flexibility index (Phi) is 6.36. The lowest BCUT2D eigenvalue weighted by Gasteiger charge is -2.16. The Labute approximate surface area is 115 Å². The number of carbonyl (C=O) groups excluding carboxylic acids is 1. The van der Waals surface area contributed by atoms with Gasteiger partial charge in [0.1, 0.15) is 5.75 Å². The zero-order chi connectivity index (χ0) is 14.3. The van der Waals surface area contributed by atoms with Crippen LogP contribution in [0.3, 0.4) is 0 Å². The van der Waals surface area contributed by atoms with E-state index in [4.69, 9.17) is 0 Å². The SMILES string of the molecule is CCCNC(=O)CCNC(C)c1ccc(C)cc1O. The number of benzene rings is 1. The number of phenols is 1. The molecule has 106 valence electrons. The van der Waals surface area contributed by atoms with E-state index < -0.39 is 0 Å². The number of phenolic OH excluding ortho intramolecular Hbond substituents is 1. The number of nitrogens with one attached hydrogen (secondary N) is 2. The van der Waals surface area contributed by atoms with Gasteiger partial charge in [0.2, 0.25) is 5.91 Å². The largest absolute Gasteiger partial charge is 0.508 e. The van der Waals surface area contributed by atoms with Crippen LogP contribution in [0.5, 0.6) is 5.75 Å². The van der Waals surface area contributed by atoms with Gasteiger partial charge < -0.3 is 15.7 Å². The monoisotopic (exact) mass is 264 g/mol. The predicted octanol–water partition coefficient (Wildman–Crippen LogP) is 2.27. The van der Waals surface area contributed by atoms with Crippen LogP contribution in [0.4, 0.5) is 0 Å². The third kappa shape index (κ3) is 5.30. The minimum absolute atomic E-state index is 0.0274. The van der Waals surface area contributed by atoms with E-state index in [1.165, 1.54) is 0 Å². The van der Waals surface area contributed by atoms with E-state index in [-0.39, 0.29) is 11.9 Å². The van der Waals surface area contributed by atoms with E-state index in [1.807, 2.05) is 32.9 Å². The number of hydrogen-bond acceptors (Lipinski definition) is 3. The van der Waals surface area contributed by atoms with Crippen LogP contribution in [0.25, 0.3) is 0 Å². The Morgan fingerprint density at radius 2 is 2.11 bits per heavy atom. The number of aromatic hydroxyl groups is 1. The first-order valence-electron chi connectivity index (χ1n) is 6.84. The fourth-order valence-electron chi connectivity index (χ4n) is 1.88. The van der Waals surface area contributed by atoms with Crippen molar-refractivity contribution < 1.29 is 9.90 Å². The summed E-state index contributed by atoms with van der Waals surface area (Å²) in [5.41, 5.74) is 1.90. The molecule has 1 rings (SSSR count). The van der Waals surface area contributed by atoms with Crippen LogP contribution in [0.1, 0.15) is 43.9 Å². The molecule has 3 N–H and O–H groups in total. The molecule has 1 aromatic rings. The molecule has 0 saturated heterocycles. The molecule has 0 aliphatic heterocycles. The Balaban J connectivity index is 2.38. The molecule has 0 aliphatic rings. The first-order valence-corrected chi connectivity index (χ1v) is 6.84. The minimum atomic E-state index is 0.0274. The normalized spacial score (nSPS) is 12.2. The average molecular weight is 264 g/mol. The summed E-state index contributed by atoms with van der Waals surface area (Å²) in [5.74, 6) is 0.366. The lowest BCUT2D eigenvalue weighted by Crippen LogP contribution is -2.29. The standard InChI is InChI=1S/C15H24N2O2/c1-4-8-17-15(19)7-9-16-12(3)13-6-5-11(2)10-14(13)18/h5-6,10,12,16,18H,4,7-9H2,1-3H3,(H,17,19). The molecular formula is C15H24N2O2. The van der Waals surface area contributed by atoms with Crippen LogP contribution in [0.2, 0.25) is 0 Å². The first kappa shape index (κ1) is 15.5. The lowest BCUT2D eigenvalue weighted by molar-refractivity contribution is -0.121. The summed E-state index contributed by atoms with van der Waals surface area (Å²) in [6, 6.07) is 5.67. The summed E-state index contributed by atoms with van der Waals surface area (Å²) >= 11 is 0. The fraction of sp³-hybridized carbons (Fsp3) is 0.533. The number of carbonyl (C=O) groups is 1. The topological polar surface area (TPSA) is 61.4 Å². The first-order chi connectivity index (χ1) is 9.04. The summed E-state index contributed by atoms with van der Waals surface area (Å²) in [5, 5.41) is 15.9. The molecule has 1 unspecified atom stereocenters. The van der Waals surface area contributed by atoms with Gasteiger partial charge in [-0.1, -0.05) is 19.1 Å². The molecule has 0 bridgehead atoms. The van der Waals surface area contributed by atoms with Gasteiger partial charge in [0.15, 0.2) is 0 Å². The Morgan fingerprint density at radius 3 is 2.74 bits per heavy atom. The maximum atomic E-state index is 11.4. The van der Waals surface area contributed by atoms with E-state index in [2.05, 4.69) is 10.6 Å². The van der Waals surface area contributed by atoms with Crippen LogP contribution in [-0.2, 0) is 4.79 Å². The van der Waals surface area contributed by atoms with Crippen molar-refractivity contribution in [2.24, 2.45) is 0 Å². The molecule has 1 aromatic carbocycles. The van der Waals surface area contributed by atoms with Crippen LogP contribution >= 0.6 is 0 Å². The molecule has 0 fully saturated rings. The van der Waals surface area contributed by atoms with Crippen molar-refractivity contribution in [2.75, 3.05) is 13.1 Å². The Hall–Kier alpha value is -1.55. The molecular weight excluding hydrogens is 240 g/mol. The van der Waals surface area contributed by atoms with Crippen molar-refractivity contribution >= 4 is 5.91 Å². The van der Waals surface area contributed by atoms with E-state index in [9.17, 15) is 9.90 Å². The van der Waals surface area contributed by atoms with Crippen molar-refractivity contribution in [3.05, 3.63) is 29.3 Å². The lowest BCUT2D eigenvalue weighted by atomic mass is 10.1. The van der Waals surface area contributed by atoms with Crippen LogP contribution in [0.15, 0.2) is 18.2 Å². The van der Waals surface area contributed by atoms with Crippen molar-refractivity contribution in [3.8, 4) is 5.75 Å². The van der Waals surface area contributed by atoms with E-state index in [0.29, 0.717) is 18.7 Å². The van der Waals surface area contributed by atoms with Gasteiger partial charge in [0.05, 0.1) is 0 Å². The molecule has 0 aliphatic carbocycles. The highest BCUT2D eigenvalue weighted by Crippen LogP contribution is 2.24. The summed E-state index contributed by atoms with van der Waals surface area (Å²) < 4.78 is 0. The molecule has 0 aromatic heterocycles.